The Morgan fingerprint density at radius 2 is 2.06 bits per heavy atom. The van der Waals surface area contributed by atoms with Crippen LogP contribution in [0.15, 0.2) is 23.2 Å². The van der Waals surface area contributed by atoms with Crippen LogP contribution in [0, 0.1) is 0 Å². The van der Waals surface area contributed by atoms with E-state index in [0.717, 1.165) is 5.56 Å². The summed E-state index contributed by atoms with van der Waals surface area (Å²) in [5, 5.41) is 0. The van der Waals surface area contributed by atoms with E-state index in [0.29, 0.717) is 11.5 Å². The van der Waals surface area contributed by atoms with E-state index < -0.39 is 11.7 Å². The largest absolute Gasteiger partial charge is 0.454 e. The van der Waals surface area contributed by atoms with Crippen molar-refractivity contribution in [1.82, 2.24) is 0 Å². The third kappa shape index (κ3) is 3.23. The molecule has 0 fully saturated rings. The molecule has 0 atom stereocenters. The maximum absolute atomic E-state index is 11.4. The molecule has 1 amide bonds. The molecule has 2 rings (SSSR count). The van der Waals surface area contributed by atoms with Crippen LogP contribution in [-0.2, 0) is 4.74 Å². The van der Waals surface area contributed by atoms with Gasteiger partial charge in [0.05, 0.1) is 0 Å². The van der Waals surface area contributed by atoms with Crippen molar-refractivity contribution in [2.24, 2.45) is 4.99 Å². The Morgan fingerprint density at radius 1 is 1.33 bits per heavy atom. The van der Waals surface area contributed by atoms with Gasteiger partial charge in [0.15, 0.2) is 11.5 Å². The Morgan fingerprint density at radius 3 is 2.78 bits per heavy atom. The Hall–Kier alpha value is -2.04. The SMILES string of the molecule is CC(C)(C)OC(=O)/N=C/c1ccc2c(c1)OCO2. The molecule has 0 spiro atoms. The average molecular weight is 249 g/mol. The lowest BCUT2D eigenvalue weighted by Crippen LogP contribution is -2.21. The minimum atomic E-state index is -0.611. The summed E-state index contributed by atoms with van der Waals surface area (Å²) in [5.74, 6) is 1.35. The highest BCUT2D eigenvalue weighted by atomic mass is 16.7. The molecule has 1 aromatic rings. The highest BCUT2D eigenvalue weighted by Crippen LogP contribution is 2.31. The van der Waals surface area contributed by atoms with Gasteiger partial charge in [0, 0.05) is 6.21 Å². The number of aliphatic imine (C=N–C) groups is 1. The molecule has 18 heavy (non-hydrogen) atoms. The summed E-state index contributed by atoms with van der Waals surface area (Å²) in [5.41, 5.74) is 0.216. The summed E-state index contributed by atoms with van der Waals surface area (Å²) in [4.78, 5) is 15.1. The van der Waals surface area contributed by atoms with Crippen LogP contribution in [-0.4, -0.2) is 24.7 Å². The molecule has 0 N–H and O–H groups in total. The molecule has 0 aromatic heterocycles. The molecule has 0 bridgehead atoms. The van der Waals surface area contributed by atoms with Crippen molar-refractivity contribution in [2.45, 2.75) is 26.4 Å². The zero-order valence-corrected chi connectivity index (χ0v) is 10.6. The fraction of sp³-hybridized carbons (Fsp3) is 0.385. The number of rotatable bonds is 1. The maximum atomic E-state index is 11.4. The first kappa shape index (κ1) is 12.4. The van der Waals surface area contributed by atoms with Crippen LogP contribution in [0.2, 0.25) is 0 Å². The number of benzene rings is 1. The van der Waals surface area contributed by atoms with E-state index in [9.17, 15) is 4.79 Å². The topological polar surface area (TPSA) is 57.1 Å². The highest BCUT2D eigenvalue weighted by Gasteiger charge is 2.15. The van der Waals surface area contributed by atoms with E-state index in [4.69, 9.17) is 14.2 Å². The molecule has 5 heteroatoms. The van der Waals surface area contributed by atoms with E-state index in [1.165, 1.54) is 6.21 Å². The van der Waals surface area contributed by atoms with Crippen molar-refractivity contribution >= 4 is 12.3 Å². The summed E-state index contributed by atoms with van der Waals surface area (Å²) < 4.78 is 15.5. The predicted molar refractivity (Wildman–Crippen MR) is 66.4 cm³/mol. The van der Waals surface area contributed by atoms with Crippen molar-refractivity contribution < 1.29 is 19.0 Å². The summed E-state index contributed by atoms with van der Waals surface area (Å²) >= 11 is 0. The van der Waals surface area contributed by atoms with Crippen molar-refractivity contribution in [1.29, 1.82) is 0 Å². The Labute approximate surface area is 105 Å². The third-order valence-corrected chi connectivity index (χ3v) is 2.11. The first-order valence-corrected chi connectivity index (χ1v) is 5.61. The smallest absolute Gasteiger partial charge is 0.434 e. The van der Waals surface area contributed by atoms with Gasteiger partial charge in [-0.25, -0.2) is 4.79 Å². The molecule has 96 valence electrons. The van der Waals surface area contributed by atoms with Gasteiger partial charge in [0.1, 0.15) is 5.60 Å². The number of hydrogen-bond donors (Lipinski definition) is 0. The van der Waals surface area contributed by atoms with Crippen LogP contribution in [0.25, 0.3) is 0 Å². The lowest BCUT2D eigenvalue weighted by atomic mass is 10.2. The molecule has 1 heterocycles. The summed E-state index contributed by atoms with van der Waals surface area (Å²) in [7, 11) is 0. The molecule has 0 radical (unpaired) electrons. The average Bonchev–Trinajstić information content (AvgIpc) is 2.71. The van der Waals surface area contributed by atoms with Gasteiger partial charge in [-0.15, -0.1) is 0 Å². The highest BCUT2D eigenvalue weighted by molar-refractivity contribution is 5.89. The Kier molecular flexibility index (Phi) is 3.23. The fourth-order valence-corrected chi connectivity index (χ4v) is 1.41. The minimum absolute atomic E-state index is 0.224. The van der Waals surface area contributed by atoms with E-state index in [1.54, 1.807) is 39.0 Å². The zero-order chi connectivity index (χ0) is 13.2. The van der Waals surface area contributed by atoms with Crippen LogP contribution < -0.4 is 9.47 Å². The summed E-state index contributed by atoms with van der Waals surface area (Å²) in [6, 6.07) is 5.33. The number of fused-ring (bicyclic) bond motifs is 1. The van der Waals surface area contributed by atoms with E-state index in [2.05, 4.69) is 4.99 Å². The standard InChI is InChI=1S/C13H15NO4/c1-13(2,3)18-12(15)14-7-9-4-5-10-11(6-9)17-8-16-10/h4-7H,8H2,1-3H3/b14-7+. The number of carbonyl (C=O) groups is 1. The second-order valence-corrected chi connectivity index (χ2v) is 4.85. The quantitative estimate of drug-likeness (QED) is 0.718. The van der Waals surface area contributed by atoms with Gasteiger partial charge in [-0.05, 0) is 44.5 Å². The van der Waals surface area contributed by atoms with Crippen molar-refractivity contribution in [3.63, 3.8) is 0 Å². The summed E-state index contributed by atoms with van der Waals surface area (Å²) in [6.07, 6.45) is 0.830. The van der Waals surface area contributed by atoms with Gasteiger partial charge in [-0.2, -0.15) is 4.99 Å². The minimum Gasteiger partial charge on any atom is -0.454 e. The fourth-order valence-electron chi connectivity index (χ4n) is 1.41. The lowest BCUT2D eigenvalue weighted by molar-refractivity contribution is 0.0605. The monoisotopic (exact) mass is 249 g/mol. The lowest BCUT2D eigenvalue weighted by Gasteiger charge is -2.17. The number of nitrogens with zero attached hydrogens (tertiary/aromatic N) is 1. The van der Waals surface area contributed by atoms with Gasteiger partial charge in [0.25, 0.3) is 0 Å². The molecule has 5 nitrogen and oxygen atoms in total. The number of ether oxygens (including phenoxy) is 3. The number of hydrogen-bond acceptors (Lipinski definition) is 4. The van der Waals surface area contributed by atoms with Gasteiger partial charge in [0.2, 0.25) is 6.79 Å². The van der Waals surface area contributed by atoms with Crippen molar-refractivity contribution in [2.75, 3.05) is 6.79 Å². The van der Waals surface area contributed by atoms with Crippen LogP contribution in [0.5, 0.6) is 11.5 Å². The first-order valence-electron chi connectivity index (χ1n) is 5.61. The van der Waals surface area contributed by atoms with Gasteiger partial charge in [-0.1, -0.05) is 0 Å². The van der Waals surface area contributed by atoms with Gasteiger partial charge < -0.3 is 14.2 Å². The molecular formula is C13H15NO4. The van der Waals surface area contributed by atoms with E-state index in [1.807, 2.05) is 0 Å². The van der Waals surface area contributed by atoms with Crippen LogP contribution in [0.3, 0.4) is 0 Å². The normalized spacial score (nSPS) is 13.9. The van der Waals surface area contributed by atoms with Crippen LogP contribution in [0.4, 0.5) is 4.79 Å². The summed E-state index contributed by atoms with van der Waals surface area (Å²) in [6.45, 7) is 5.60. The van der Waals surface area contributed by atoms with Gasteiger partial charge >= 0.3 is 6.09 Å². The maximum Gasteiger partial charge on any atom is 0.434 e. The second-order valence-electron chi connectivity index (χ2n) is 4.85. The molecule has 0 aliphatic carbocycles. The van der Waals surface area contributed by atoms with Crippen molar-refractivity contribution in [3.8, 4) is 11.5 Å². The third-order valence-electron chi connectivity index (χ3n) is 2.11. The van der Waals surface area contributed by atoms with Crippen molar-refractivity contribution in [3.05, 3.63) is 23.8 Å². The molecule has 0 unspecified atom stereocenters. The first-order chi connectivity index (χ1) is 8.44. The van der Waals surface area contributed by atoms with Crippen LogP contribution in [0.1, 0.15) is 26.3 Å². The molecule has 1 aromatic carbocycles. The zero-order valence-electron chi connectivity index (χ0n) is 10.6. The molecule has 0 saturated heterocycles. The Balaban J connectivity index is 2.03. The molecule has 0 saturated carbocycles. The number of carbonyl (C=O) groups excluding carboxylic acids is 1. The van der Waals surface area contributed by atoms with E-state index >= 15 is 0 Å². The van der Waals surface area contributed by atoms with E-state index in [-0.39, 0.29) is 6.79 Å². The predicted octanol–water partition coefficient (Wildman–Crippen LogP) is 2.77. The molecular weight excluding hydrogens is 234 g/mol. The molecule has 1 aliphatic rings. The molecule has 1 aliphatic heterocycles. The number of amides is 1. The second kappa shape index (κ2) is 4.68. The Bertz CT molecular complexity index is 488. The van der Waals surface area contributed by atoms with Gasteiger partial charge in [-0.3, -0.25) is 0 Å². The van der Waals surface area contributed by atoms with Crippen LogP contribution >= 0.6 is 0 Å².